The van der Waals surface area contributed by atoms with Crippen molar-refractivity contribution >= 4 is 65.0 Å². The summed E-state index contributed by atoms with van der Waals surface area (Å²) in [4.78, 5) is 167. The van der Waals surface area contributed by atoms with Crippen molar-refractivity contribution in [1.29, 1.82) is 0 Å². The lowest BCUT2D eigenvalue weighted by atomic mass is 9.91. The van der Waals surface area contributed by atoms with E-state index in [2.05, 4.69) is 21.3 Å². The van der Waals surface area contributed by atoms with Crippen LogP contribution in [-0.2, 0) is 52.7 Å². The van der Waals surface area contributed by atoms with Crippen molar-refractivity contribution in [2.24, 2.45) is 35.5 Å². The summed E-state index contributed by atoms with van der Waals surface area (Å²) in [6.07, 6.45) is 1.19. The van der Waals surface area contributed by atoms with Gasteiger partial charge in [-0.3, -0.25) is 52.7 Å². The van der Waals surface area contributed by atoms with E-state index in [1.165, 1.54) is 84.8 Å². The molecule has 1 rings (SSSR count). The second-order valence-corrected chi connectivity index (χ2v) is 25.1. The Bertz CT molecular complexity index is 2310. The molecule has 0 radical (unpaired) electrons. The summed E-state index contributed by atoms with van der Waals surface area (Å²) in [5.41, 5.74) is 0. The lowest BCUT2D eigenvalue weighted by Crippen LogP contribution is -2.63. The summed E-state index contributed by atoms with van der Waals surface area (Å²) in [7, 11) is 9.52. The third-order valence-corrected chi connectivity index (χ3v) is 15.8. The van der Waals surface area contributed by atoms with Gasteiger partial charge in [0.15, 0.2) is 0 Å². The SMILES string of the molecule is C/C=C/C[C@@H](C)[C@@H](O)[C@H]1C(=O)N[C@@H](CC)C(=O)N(C)CC(=O)N(C)[C@@H]([C@@H](C)O)C(=O)N[C@@H](C(C)C)C(=O)N(C)[C@@H](C)C(=O)N[C@@H](CC(C)C)C(=O)N[C@H](C)C(=O)N(C)[C@@H](CC(C)C)C(=O)N(C)[C@@H](CC(C)C)C(=O)N(C)[C@@H](C(C)C)C(=O)N1C. The van der Waals surface area contributed by atoms with Crippen LogP contribution in [0, 0.1) is 35.5 Å². The summed E-state index contributed by atoms with van der Waals surface area (Å²) in [6.45, 7) is 26.4. The summed E-state index contributed by atoms with van der Waals surface area (Å²) in [5, 5.41) is 33.8. The molecule has 1 aliphatic heterocycles. The molecule has 11 amide bonds. The van der Waals surface area contributed by atoms with E-state index in [4.69, 9.17) is 0 Å². The normalized spacial score (nSPS) is 27.4. The highest BCUT2D eigenvalue weighted by Gasteiger charge is 2.46. The van der Waals surface area contributed by atoms with Gasteiger partial charge in [-0.05, 0) is 95.3 Å². The average molecular weight is 1190 g/mol. The summed E-state index contributed by atoms with van der Waals surface area (Å²) < 4.78 is 0. The van der Waals surface area contributed by atoms with Crippen molar-refractivity contribution < 1.29 is 63.0 Å². The van der Waals surface area contributed by atoms with Gasteiger partial charge in [-0.2, -0.15) is 0 Å². The third kappa shape index (κ3) is 20.5. The molecule has 24 nitrogen and oxygen atoms in total. The molecule has 13 atom stereocenters. The van der Waals surface area contributed by atoms with E-state index in [0.717, 1.165) is 19.6 Å². The zero-order valence-electron chi connectivity index (χ0n) is 54.8. The van der Waals surface area contributed by atoms with Crippen LogP contribution in [0.2, 0.25) is 0 Å². The Morgan fingerprint density at radius 2 is 0.952 bits per heavy atom. The average Bonchev–Trinajstić information content (AvgIpc) is 3.32. The molecule has 1 heterocycles. The van der Waals surface area contributed by atoms with E-state index >= 15 is 9.59 Å². The Hall–Kier alpha value is -6.17. The predicted octanol–water partition coefficient (Wildman–Crippen LogP) is 1.60. The molecule has 24 heteroatoms. The largest absolute Gasteiger partial charge is 0.391 e. The van der Waals surface area contributed by atoms with Gasteiger partial charge in [0, 0.05) is 49.3 Å². The van der Waals surface area contributed by atoms with Crippen molar-refractivity contribution in [3.8, 4) is 0 Å². The number of nitrogens with one attached hydrogen (secondary N) is 4. The molecule has 1 aliphatic rings. The Morgan fingerprint density at radius 3 is 1.40 bits per heavy atom. The Kier molecular flexibility index (Phi) is 30.8. The number of aliphatic hydroxyl groups excluding tert-OH is 2. The monoisotopic (exact) mass is 1190 g/mol. The third-order valence-electron chi connectivity index (χ3n) is 15.8. The van der Waals surface area contributed by atoms with Crippen molar-refractivity contribution in [3.63, 3.8) is 0 Å². The molecule has 0 saturated carbocycles. The maximum Gasteiger partial charge on any atom is 0.246 e. The molecule has 0 aliphatic carbocycles. The molecule has 0 aromatic heterocycles. The van der Waals surface area contributed by atoms with Gasteiger partial charge in [0.1, 0.15) is 60.4 Å². The molecular formula is C60H107N11O13. The zero-order valence-corrected chi connectivity index (χ0v) is 54.8. The minimum atomic E-state index is -1.64. The molecule has 1 fully saturated rings. The number of rotatable bonds is 14. The number of carbonyl (C=O) groups excluding carboxylic acids is 11. The molecule has 480 valence electrons. The van der Waals surface area contributed by atoms with E-state index in [1.807, 2.05) is 41.5 Å². The van der Waals surface area contributed by atoms with Crippen molar-refractivity contribution in [3.05, 3.63) is 12.2 Å². The first kappa shape index (κ1) is 75.8. The molecule has 0 unspecified atom stereocenters. The number of likely N-dealkylation sites (N-methyl/N-ethyl adjacent to an activating group) is 7. The van der Waals surface area contributed by atoms with Gasteiger partial charge in [-0.25, -0.2) is 0 Å². The standard InChI is InChI=1S/C60H107N11O13/c1-24-26-27-37(13)50(74)49-54(78)62-41(25-2)56(80)65(17)31-45(73)69(21)48(40(16)72)53(77)64-46(35(9)10)59(83)66(18)39(15)51(75)63-42(28-32(3)4)52(76)61-38(14)55(79)67(19)43(29-33(5)6)57(81)68(20)44(30-34(7)8)58(82)70(22)47(36(11)12)60(84)71(49)23/h24,26,32-44,46-50,72,74H,25,27-31H2,1-23H3,(H,61,76)(H,62,78)(H,63,75)(H,64,77)/b26-24+/t37-,38-,39+,40-,41+,42+,43+,44+,46+,47+,48+,49+,50-/m1/s1. The topological polar surface area (TPSA) is 299 Å². The van der Waals surface area contributed by atoms with E-state index < -0.39 is 162 Å². The Labute approximate surface area is 500 Å². The fraction of sp³-hybridized carbons (Fsp3) is 0.783. The number of aliphatic hydroxyl groups is 2. The van der Waals surface area contributed by atoms with Gasteiger partial charge in [0.2, 0.25) is 65.0 Å². The first-order valence-electron chi connectivity index (χ1n) is 29.8. The highest BCUT2D eigenvalue weighted by molar-refractivity contribution is 5.99. The maximum absolute atomic E-state index is 15.1. The first-order chi connectivity index (χ1) is 38.7. The van der Waals surface area contributed by atoms with Gasteiger partial charge < -0.3 is 65.8 Å². The maximum atomic E-state index is 15.1. The van der Waals surface area contributed by atoms with Gasteiger partial charge in [-0.1, -0.05) is 95.2 Å². The van der Waals surface area contributed by atoms with Gasteiger partial charge in [-0.15, -0.1) is 0 Å². The lowest BCUT2D eigenvalue weighted by Gasteiger charge is -2.41. The molecule has 0 spiro atoms. The van der Waals surface area contributed by atoms with Crippen LogP contribution in [-0.4, -0.2) is 238 Å². The van der Waals surface area contributed by atoms with Crippen LogP contribution >= 0.6 is 0 Å². The second-order valence-electron chi connectivity index (χ2n) is 25.1. The zero-order chi connectivity index (χ0) is 65.3. The van der Waals surface area contributed by atoms with Gasteiger partial charge in [0.05, 0.1) is 18.8 Å². The number of carbonyl (C=O) groups is 11. The highest BCUT2D eigenvalue weighted by atomic mass is 16.3. The fourth-order valence-corrected chi connectivity index (χ4v) is 10.4. The van der Waals surface area contributed by atoms with Crippen molar-refractivity contribution in [1.82, 2.24) is 55.6 Å². The Morgan fingerprint density at radius 1 is 0.488 bits per heavy atom. The van der Waals surface area contributed by atoms with Crippen LogP contribution in [0.4, 0.5) is 0 Å². The minimum Gasteiger partial charge on any atom is -0.391 e. The first-order valence-corrected chi connectivity index (χ1v) is 29.8. The van der Waals surface area contributed by atoms with Gasteiger partial charge >= 0.3 is 0 Å². The molecule has 0 aromatic rings. The number of hydrogen-bond donors (Lipinski definition) is 6. The van der Waals surface area contributed by atoms with Gasteiger partial charge in [0.25, 0.3) is 0 Å². The van der Waals surface area contributed by atoms with Crippen LogP contribution in [0.1, 0.15) is 143 Å². The van der Waals surface area contributed by atoms with Crippen LogP contribution in [0.25, 0.3) is 0 Å². The molecule has 1 saturated heterocycles. The van der Waals surface area contributed by atoms with Crippen molar-refractivity contribution in [2.75, 3.05) is 55.9 Å². The molecule has 0 aromatic carbocycles. The highest BCUT2D eigenvalue weighted by Crippen LogP contribution is 2.25. The molecule has 84 heavy (non-hydrogen) atoms. The number of nitrogens with zero attached hydrogens (tertiary/aromatic N) is 7. The molecular weight excluding hydrogens is 1080 g/mol. The van der Waals surface area contributed by atoms with Crippen LogP contribution < -0.4 is 21.3 Å². The van der Waals surface area contributed by atoms with E-state index in [-0.39, 0.29) is 43.4 Å². The molecule has 0 bridgehead atoms. The van der Waals surface area contributed by atoms with E-state index in [9.17, 15) is 53.4 Å². The van der Waals surface area contributed by atoms with E-state index in [1.54, 1.807) is 60.6 Å². The quantitative estimate of drug-likeness (QED) is 0.135. The summed E-state index contributed by atoms with van der Waals surface area (Å²) in [6, 6.07) is -13.1. The van der Waals surface area contributed by atoms with Crippen molar-refractivity contribution in [2.45, 2.75) is 216 Å². The number of amides is 11. The Balaban J connectivity index is 4.31. The summed E-state index contributed by atoms with van der Waals surface area (Å²) >= 11 is 0. The smallest absolute Gasteiger partial charge is 0.246 e. The van der Waals surface area contributed by atoms with E-state index in [0.29, 0.717) is 6.42 Å². The van der Waals surface area contributed by atoms with Crippen LogP contribution in [0.5, 0.6) is 0 Å². The minimum absolute atomic E-state index is 0.0184. The molecule has 6 N–H and O–H groups in total. The lowest BCUT2D eigenvalue weighted by molar-refractivity contribution is -0.157. The van der Waals surface area contributed by atoms with Crippen LogP contribution in [0.15, 0.2) is 12.2 Å². The fourth-order valence-electron chi connectivity index (χ4n) is 10.4. The summed E-state index contributed by atoms with van der Waals surface area (Å²) in [5.74, 6) is -10.5. The van der Waals surface area contributed by atoms with Crippen LogP contribution in [0.3, 0.4) is 0 Å². The number of allylic oxidation sites excluding steroid dienone is 2. The number of hydrogen-bond acceptors (Lipinski definition) is 13. The second kappa shape index (κ2) is 34.1. The predicted molar refractivity (Wildman–Crippen MR) is 321 cm³/mol.